The van der Waals surface area contributed by atoms with Crippen molar-refractivity contribution in [1.82, 2.24) is 0 Å². The molecule has 0 aliphatic rings. The van der Waals surface area contributed by atoms with Crippen LogP contribution >= 0.6 is 11.8 Å². The Morgan fingerprint density at radius 2 is 1.64 bits per heavy atom. The summed E-state index contributed by atoms with van der Waals surface area (Å²) in [6.45, 7) is 0. The molecule has 3 aromatic rings. The topological polar surface area (TPSA) is 85.2 Å². The second-order valence-electron chi connectivity index (χ2n) is 5.73. The van der Waals surface area contributed by atoms with Gasteiger partial charge in [0.15, 0.2) is 0 Å². The third-order valence-electron chi connectivity index (χ3n) is 3.72. The third-order valence-corrected chi connectivity index (χ3v) is 4.81. The highest BCUT2D eigenvalue weighted by atomic mass is 32.2. The summed E-state index contributed by atoms with van der Waals surface area (Å²) in [6.07, 6.45) is 1.34. The molecule has 3 aromatic carbocycles. The minimum absolute atomic E-state index is 0.0624. The molecule has 1 amide bonds. The quantitative estimate of drug-likeness (QED) is 0.315. The van der Waals surface area contributed by atoms with E-state index in [1.807, 2.05) is 54.6 Å². The number of para-hydroxylation sites is 1. The lowest BCUT2D eigenvalue weighted by molar-refractivity contribution is -0.112. The highest BCUT2D eigenvalue weighted by Gasteiger charge is 2.12. The first-order valence-corrected chi connectivity index (χ1v) is 9.26. The first-order chi connectivity index (χ1) is 13.7. The highest BCUT2D eigenvalue weighted by Crippen LogP contribution is 2.33. The Labute approximate surface area is 167 Å². The van der Waals surface area contributed by atoms with Crippen molar-refractivity contribution in [3.63, 3.8) is 0 Å². The summed E-state index contributed by atoms with van der Waals surface area (Å²) < 4.78 is 0. The Morgan fingerprint density at radius 1 is 0.964 bits per heavy atom. The zero-order valence-electron chi connectivity index (χ0n) is 14.8. The van der Waals surface area contributed by atoms with Gasteiger partial charge in [-0.3, -0.25) is 4.79 Å². The molecule has 6 heteroatoms. The van der Waals surface area contributed by atoms with Crippen LogP contribution in [0, 0.1) is 11.3 Å². The van der Waals surface area contributed by atoms with Crippen LogP contribution in [0.1, 0.15) is 0 Å². The molecule has 0 fully saturated rings. The molecule has 0 unspecified atom stereocenters. The standard InChI is InChI=1S/C22H17N3O2S/c23-14-16(15-24-17-10-12-18(26)13-11-17)22(27)25-20-8-4-5-9-21(20)28-19-6-2-1-3-7-19/h1-13,15,24,26H,(H,25,27)/b16-15-. The van der Waals surface area contributed by atoms with Crippen LogP contribution in [0.2, 0.25) is 0 Å². The fourth-order valence-corrected chi connectivity index (χ4v) is 3.25. The lowest BCUT2D eigenvalue weighted by Gasteiger charge is -2.10. The maximum absolute atomic E-state index is 12.5. The van der Waals surface area contributed by atoms with Gasteiger partial charge in [0.25, 0.3) is 5.91 Å². The number of phenols is 1. The van der Waals surface area contributed by atoms with Gasteiger partial charge in [0.2, 0.25) is 0 Å². The predicted molar refractivity (Wildman–Crippen MR) is 111 cm³/mol. The Hall–Kier alpha value is -3.69. The van der Waals surface area contributed by atoms with Crippen LogP contribution in [-0.4, -0.2) is 11.0 Å². The largest absolute Gasteiger partial charge is 0.508 e. The Kier molecular flexibility index (Phi) is 6.34. The summed E-state index contributed by atoms with van der Waals surface area (Å²) in [5.74, 6) is -0.366. The maximum atomic E-state index is 12.5. The molecule has 5 nitrogen and oxygen atoms in total. The number of nitrogens with one attached hydrogen (secondary N) is 2. The van der Waals surface area contributed by atoms with Crippen LogP contribution in [0.3, 0.4) is 0 Å². The van der Waals surface area contributed by atoms with Crippen molar-refractivity contribution in [2.45, 2.75) is 9.79 Å². The van der Waals surface area contributed by atoms with Crippen LogP contribution in [0.15, 0.2) is 100 Å². The molecule has 0 aliphatic heterocycles. The number of rotatable bonds is 6. The summed E-state index contributed by atoms with van der Waals surface area (Å²) in [5, 5.41) is 24.3. The summed E-state index contributed by atoms with van der Waals surface area (Å²) in [6, 6.07) is 25.5. The van der Waals surface area contributed by atoms with Crippen LogP contribution in [-0.2, 0) is 4.79 Å². The van der Waals surface area contributed by atoms with Crippen molar-refractivity contribution < 1.29 is 9.90 Å². The molecular weight excluding hydrogens is 370 g/mol. The predicted octanol–water partition coefficient (Wildman–Crippen LogP) is 5.00. The molecule has 0 spiro atoms. The van der Waals surface area contributed by atoms with E-state index < -0.39 is 5.91 Å². The van der Waals surface area contributed by atoms with E-state index in [-0.39, 0.29) is 11.3 Å². The van der Waals surface area contributed by atoms with Gasteiger partial charge in [0.05, 0.1) is 5.69 Å². The van der Waals surface area contributed by atoms with Gasteiger partial charge in [-0.05, 0) is 48.5 Å². The van der Waals surface area contributed by atoms with E-state index in [4.69, 9.17) is 0 Å². The number of amides is 1. The Bertz CT molecular complexity index is 1030. The molecule has 3 rings (SSSR count). The first-order valence-electron chi connectivity index (χ1n) is 8.45. The second kappa shape index (κ2) is 9.31. The molecule has 0 heterocycles. The SMILES string of the molecule is N#C/C(=C/Nc1ccc(O)cc1)C(=O)Nc1ccccc1Sc1ccccc1. The van der Waals surface area contributed by atoms with Crippen molar-refractivity contribution in [3.8, 4) is 11.8 Å². The van der Waals surface area contributed by atoms with E-state index in [0.29, 0.717) is 11.4 Å². The molecule has 0 saturated carbocycles. The number of anilines is 2. The van der Waals surface area contributed by atoms with Gasteiger partial charge in [-0.2, -0.15) is 5.26 Å². The van der Waals surface area contributed by atoms with Gasteiger partial charge in [-0.15, -0.1) is 0 Å². The van der Waals surface area contributed by atoms with E-state index in [9.17, 15) is 15.2 Å². The summed E-state index contributed by atoms with van der Waals surface area (Å²) in [4.78, 5) is 14.5. The second-order valence-corrected chi connectivity index (χ2v) is 6.84. The normalized spacial score (nSPS) is 10.8. The molecular formula is C22H17N3O2S. The van der Waals surface area contributed by atoms with Gasteiger partial charge in [0, 0.05) is 21.7 Å². The molecule has 28 heavy (non-hydrogen) atoms. The molecule has 0 aliphatic carbocycles. The number of carbonyl (C=O) groups is 1. The number of hydrogen-bond donors (Lipinski definition) is 3. The van der Waals surface area contributed by atoms with E-state index in [0.717, 1.165) is 9.79 Å². The average Bonchev–Trinajstić information content (AvgIpc) is 2.72. The number of nitrogens with zero attached hydrogens (tertiary/aromatic N) is 1. The van der Waals surface area contributed by atoms with Crippen LogP contribution in [0.4, 0.5) is 11.4 Å². The lowest BCUT2D eigenvalue weighted by Crippen LogP contribution is -2.15. The first kappa shape index (κ1) is 19.1. The van der Waals surface area contributed by atoms with Crippen LogP contribution in [0.25, 0.3) is 0 Å². The Balaban J connectivity index is 1.73. The zero-order valence-corrected chi connectivity index (χ0v) is 15.6. The van der Waals surface area contributed by atoms with E-state index in [2.05, 4.69) is 10.6 Å². The fourth-order valence-electron chi connectivity index (χ4n) is 2.33. The number of benzene rings is 3. The number of aromatic hydroxyl groups is 1. The minimum Gasteiger partial charge on any atom is -0.508 e. The molecule has 3 N–H and O–H groups in total. The lowest BCUT2D eigenvalue weighted by atomic mass is 10.2. The molecule has 0 aromatic heterocycles. The number of hydrogen-bond acceptors (Lipinski definition) is 5. The number of phenolic OH excluding ortho intramolecular Hbond substituents is 1. The molecule has 138 valence electrons. The third kappa shape index (κ3) is 5.16. The van der Waals surface area contributed by atoms with Crippen molar-refractivity contribution in [1.29, 1.82) is 5.26 Å². The highest BCUT2D eigenvalue weighted by molar-refractivity contribution is 7.99. The number of nitriles is 1. The molecule has 0 atom stereocenters. The van der Waals surface area contributed by atoms with Crippen molar-refractivity contribution in [2.75, 3.05) is 10.6 Å². The summed E-state index contributed by atoms with van der Waals surface area (Å²) in [7, 11) is 0. The van der Waals surface area contributed by atoms with Crippen LogP contribution < -0.4 is 10.6 Å². The summed E-state index contributed by atoms with van der Waals surface area (Å²) >= 11 is 1.53. The van der Waals surface area contributed by atoms with E-state index in [1.54, 1.807) is 18.2 Å². The minimum atomic E-state index is -0.505. The van der Waals surface area contributed by atoms with Crippen LogP contribution in [0.5, 0.6) is 5.75 Å². The molecule has 0 bridgehead atoms. The average molecular weight is 387 g/mol. The van der Waals surface area contributed by atoms with Gasteiger partial charge >= 0.3 is 0 Å². The van der Waals surface area contributed by atoms with Gasteiger partial charge in [-0.1, -0.05) is 42.1 Å². The van der Waals surface area contributed by atoms with E-state index >= 15 is 0 Å². The van der Waals surface area contributed by atoms with Gasteiger partial charge in [-0.25, -0.2) is 0 Å². The Morgan fingerprint density at radius 3 is 2.36 bits per heavy atom. The van der Waals surface area contributed by atoms with E-state index in [1.165, 1.54) is 30.1 Å². The van der Waals surface area contributed by atoms with Crippen molar-refractivity contribution in [2.24, 2.45) is 0 Å². The summed E-state index contributed by atoms with van der Waals surface area (Å²) in [5.41, 5.74) is 1.22. The van der Waals surface area contributed by atoms with Gasteiger partial charge < -0.3 is 15.7 Å². The zero-order chi connectivity index (χ0) is 19.8. The van der Waals surface area contributed by atoms with Crippen molar-refractivity contribution >= 4 is 29.0 Å². The fraction of sp³-hybridized carbons (Fsp3) is 0. The monoisotopic (exact) mass is 387 g/mol. The molecule has 0 radical (unpaired) electrons. The van der Waals surface area contributed by atoms with Crippen molar-refractivity contribution in [3.05, 3.63) is 90.6 Å². The maximum Gasteiger partial charge on any atom is 0.267 e. The smallest absolute Gasteiger partial charge is 0.267 e. The number of carbonyl (C=O) groups excluding carboxylic acids is 1. The molecule has 0 saturated heterocycles. The van der Waals surface area contributed by atoms with Gasteiger partial charge in [0.1, 0.15) is 17.4 Å².